The molecule has 17 aliphatic carbocycles. The third-order valence-electron chi connectivity index (χ3n) is 36.7. The number of fused-ring (bicyclic) bond motifs is 19. The maximum absolute atomic E-state index is 14.2. The van der Waals surface area contributed by atoms with Crippen molar-refractivity contribution in [2.24, 2.45) is 121 Å². The summed E-state index contributed by atoms with van der Waals surface area (Å²) < 4.78 is 57.6. The molecule has 0 spiro atoms. The number of ether oxygens (including phenoxy) is 5. The first-order valence-electron chi connectivity index (χ1n) is 49.5. The Morgan fingerprint density at radius 2 is 0.846 bits per heavy atom. The largest absolute Gasteiger partial charge is 1.00 e. The first-order valence-corrected chi connectivity index (χ1v) is 50.5. The van der Waals surface area contributed by atoms with Crippen LogP contribution in [-0.4, -0.2) is 197 Å². The van der Waals surface area contributed by atoms with Gasteiger partial charge in [-0.3, -0.25) is 33.6 Å². The number of aliphatic hydroxyl groups is 9. The van der Waals surface area contributed by atoms with Crippen LogP contribution in [0, 0.1) is 128 Å². The number of esters is 1. The van der Waals surface area contributed by atoms with Crippen LogP contribution >= 0.6 is 0 Å². The van der Waals surface area contributed by atoms with Gasteiger partial charge in [-0.15, -0.1) is 18.5 Å². The fraction of sp³-hybridized carbons (Fsp3) is 0.796. The van der Waals surface area contributed by atoms with E-state index < -0.39 is 117 Å². The van der Waals surface area contributed by atoms with Crippen molar-refractivity contribution in [1.82, 2.24) is 0 Å². The molecule has 2 aliphatic heterocycles. The van der Waals surface area contributed by atoms with Crippen LogP contribution in [-0.2, 0) is 72.6 Å². The summed E-state index contributed by atoms with van der Waals surface area (Å²) in [7, 11) is -3.11. The van der Waals surface area contributed by atoms with Crippen molar-refractivity contribution < 1.29 is 150 Å². The third kappa shape index (κ3) is 19.7. The molecule has 27 heteroatoms. The number of Topliss-reactive ketones (excluding diaryl/α,β-unsaturated/α-hetero) is 3. The van der Waals surface area contributed by atoms with Crippen molar-refractivity contribution in [1.29, 1.82) is 0 Å². The Morgan fingerprint density at radius 1 is 0.500 bits per heavy atom. The zero-order chi connectivity index (χ0) is 93.3. The Labute approximate surface area is 793 Å². The fourth-order valence-corrected chi connectivity index (χ4v) is 30.1. The minimum Gasteiger partial charge on any atom is -0.566 e. The van der Waals surface area contributed by atoms with E-state index in [-0.39, 0.29) is 172 Å². The molecule has 27 atom stereocenters. The fourth-order valence-electron chi connectivity index (χ4n) is 30.1. The van der Waals surface area contributed by atoms with Crippen LogP contribution in [0.5, 0.6) is 0 Å². The molecule has 130 heavy (non-hydrogen) atoms. The Hall–Kier alpha value is -4.30. The predicted molar refractivity (Wildman–Crippen MR) is 478 cm³/mol. The second-order valence-electron chi connectivity index (χ2n) is 43.9. The van der Waals surface area contributed by atoms with Crippen LogP contribution < -0.4 is 29.6 Å². The molecule has 2 heterocycles. The summed E-state index contributed by atoms with van der Waals surface area (Å²) in [4.78, 5) is 98.7. The minimum atomic E-state index is -3.11. The summed E-state index contributed by atoms with van der Waals surface area (Å²) in [6.07, 6.45) is 49.8. The molecule has 9 N–H and O–H groups in total. The van der Waals surface area contributed by atoms with Crippen molar-refractivity contribution in [2.75, 3.05) is 19.8 Å². The van der Waals surface area contributed by atoms with E-state index in [1.54, 1.807) is 57.2 Å². The Bertz CT molecular complexity index is 4350. The maximum atomic E-state index is 14.2. The molecule has 0 aromatic rings. The molecule has 16 fully saturated rings. The number of hydrogen-bond acceptors (Lipinski definition) is 25. The van der Waals surface area contributed by atoms with Crippen LogP contribution in [0.1, 0.15) is 300 Å². The summed E-state index contributed by atoms with van der Waals surface area (Å²) in [5.74, 6) is 0.331. The predicted octanol–water partition coefficient (Wildman–Crippen LogP) is 10.5. The van der Waals surface area contributed by atoms with Gasteiger partial charge in [0.1, 0.15) is 19.5 Å². The van der Waals surface area contributed by atoms with Crippen molar-refractivity contribution in [3.8, 4) is 0 Å². The molecule has 0 amide bonds. The number of aliphatic hydroxyl groups excluding tert-OH is 8. The van der Waals surface area contributed by atoms with E-state index in [9.17, 15) is 79.2 Å². The van der Waals surface area contributed by atoms with Gasteiger partial charge in [-0.2, -0.15) is 0 Å². The van der Waals surface area contributed by atoms with Crippen molar-refractivity contribution in [3.63, 3.8) is 0 Å². The molecular weight excluding hydrogens is 1690 g/mol. The number of carbonyl (C=O) groups excluding carboxylic acids is 8. The summed E-state index contributed by atoms with van der Waals surface area (Å²) in [5.41, 5.74) is -4.69. The molecular formula is C103H151NaO25S. The molecule has 0 bridgehead atoms. The van der Waals surface area contributed by atoms with Gasteiger partial charge in [0.2, 0.25) is 5.78 Å². The Balaban J connectivity index is 0.000000153. The van der Waals surface area contributed by atoms with Crippen LogP contribution in [0.15, 0.2) is 71.4 Å². The van der Waals surface area contributed by atoms with Gasteiger partial charge in [0.05, 0.1) is 48.6 Å². The number of ketones is 6. The first-order chi connectivity index (χ1) is 61.2. The minimum absolute atomic E-state index is 0. The number of aldehydes is 1. The summed E-state index contributed by atoms with van der Waals surface area (Å²) in [5, 5.41) is 93.7. The summed E-state index contributed by atoms with van der Waals surface area (Å²) >= 11 is 0. The quantitative estimate of drug-likeness (QED) is 0.0358. The monoisotopic (exact) mass is 1840 g/mol. The van der Waals surface area contributed by atoms with Gasteiger partial charge in [0.15, 0.2) is 64.9 Å². The average Bonchev–Trinajstić information content (AvgIpc) is 1.51. The van der Waals surface area contributed by atoms with Crippen molar-refractivity contribution >= 4 is 57.6 Å². The van der Waals surface area contributed by atoms with Gasteiger partial charge in [-0.25, -0.2) is 6.61 Å². The van der Waals surface area contributed by atoms with E-state index in [0.29, 0.717) is 37.0 Å². The zero-order valence-electron chi connectivity index (χ0n) is 79.0. The van der Waals surface area contributed by atoms with E-state index in [1.807, 2.05) is 32.1 Å². The zero-order valence-corrected chi connectivity index (χ0v) is 81.8. The van der Waals surface area contributed by atoms with Crippen LogP contribution in [0.2, 0.25) is 0 Å². The van der Waals surface area contributed by atoms with E-state index in [4.69, 9.17) is 41.4 Å². The standard InChI is InChI=1S/C32H44O7.C28H38O6.C21H28O6.C8H16O.C7H13O.C7H12O.Na.O3S/c1-18(2)28(36)37-17-25(35)32-26(38-29(39-32)19-8-6-5-7-9-19)15-23-22-11-10-20-14-21(33)12-13-30(20,3)27(22)24(34)16-31(23,32)4;1-26-11-10-18(30)12-17(26)8-9-19-20-13-23-28(22(32)15-29,27(20,2)14-21(31)24(19)26)34-25(33-23)16-6-4-3-5-7-16;1-19-6-5-12(23)7-11(19)3-4-13-14-8-16(25)21(27,17(26)10-22)20(14,2)9-15(24)18(13)19;1-7(9)8-5-3-2-4-6-8;2*8-6-7-4-2-1-3-5-7;;1-4(2)3/h12-14,18-19,22-24,26-27,29,34H,5-11,15-17H2,1-4H3;10-12,16,19-21,23-25,29,31H,3-9,13-15H2,1-2H3;5-7,13-16,18,22,24-25,27H,3-4,8-10H2,1-2H3;7-9H,2-6H2,1H3;6-8H,1-5H2;6-7H,1-5H2;;/q;;;;-1;;+1;/t22?,23?,24-,26+,27?,29+,30-,31-,32+;19?,20?,21-,23+,24?,25+,26-,27-,28+;13?,14?,15-,16+,18?,19-,20-,21-;;;;;/m000...../s1. The van der Waals surface area contributed by atoms with Gasteiger partial charge < -0.3 is 74.4 Å². The van der Waals surface area contributed by atoms with Crippen LogP contribution in [0.3, 0.4) is 0 Å². The molecule has 2 saturated heterocycles. The number of rotatable bonds is 13. The average molecular weight is 1840 g/mol. The van der Waals surface area contributed by atoms with E-state index in [1.165, 1.54) is 103 Å². The number of carbonyl (C=O) groups is 8. The molecule has 0 aromatic carbocycles. The number of allylic oxidation sites excluding steroid dienone is 12. The van der Waals surface area contributed by atoms with Crippen LogP contribution in [0.4, 0.5) is 0 Å². The van der Waals surface area contributed by atoms with Gasteiger partial charge in [0, 0.05) is 68.0 Å². The molecule has 0 radical (unpaired) electrons. The maximum Gasteiger partial charge on any atom is 1.00 e. The summed E-state index contributed by atoms with van der Waals surface area (Å²) in [6.45, 7) is 17.4. The third-order valence-corrected chi connectivity index (χ3v) is 36.7. The Kier molecular flexibility index (Phi) is 34.6. The van der Waals surface area contributed by atoms with Crippen molar-refractivity contribution in [3.05, 3.63) is 78.0 Å². The topological polar surface area (TPSA) is 416 Å². The van der Waals surface area contributed by atoms with E-state index >= 15 is 0 Å². The van der Waals surface area contributed by atoms with Crippen molar-refractivity contribution in [2.45, 2.75) is 372 Å². The molecule has 720 valence electrons. The molecule has 25 nitrogen and oxygen atoms in total. The first kappa shape index (κ1) is 105. The molecule has 10 unspecified atom stereocenters. The van der Waals surface area contributed by atoms with Crippen LogP contribution in [0.25, 0.3) is 0 Å². The molecule has 0 aromatic heterocycles. The molecule has 19 rings (SSSR count). The smallest absolute Gasteiger partial charge is 0.566 e. The Morgan fingerprint density at radius 3 is 1.18 bits per heavy atom. The second kappa shape index (κ2) is 43.0. The van der Waals surface area contributed by atoms with Gasteiger partial charge >= 0.3 is 46.1 Å². The summed E-state index contributed by atoms with van der Waals surface area (Å²) in [6, 6.07) is 0. The number of hydrogen-bond donors (Lipinski definition) is 9. The molecule has 14 saturated carbocycles. The van der Waals surface area contributed by atoms with Gasteiger partial charge in [-0.1, -0.05) is 199 Å². The SMILES string of the molecule is CC(C)C(=O)OCC(=O)[C@@]12O[C@H](C3CCCCC3)O[C@@H]1CC1C3CCC4=CC(=O)C=C[C@]4(C)C3[C@@H](O)C[C@@]12C.CC(O)C1CCCCC1.C[C@]12C=CC(=O)C=C1CCC1C2[C@@H](O)C[C@@]2(C)C1C[C@@H](O)[C@]2(O)C(=O)CO.C[C@]12C=CC(=O)C=C1CCC1C2[C@@H](O)C[C@@]2(C)C1C[C@H]1O[C@@H](C3CCCCC3)O[C@]12C(=O)CO.O=CC1CCCCC1.O=S(=O)=O.O[CH-]C1CCCCC1.[Na+]. The van der Waals surface area contributed by atoms with E-state index in [0.717, 1.165) is 132 Å². The van der Waals surface area contributed by atoms with Gasteiger partial charge in [-0.05, 0) is 213 Å². The normalized spacial score (nSPS) is 42.2. The van der Waals surface area contributed by atoms with Gasteiger partial charge in [0.25, 0.3) is 0 Å². The van der Waals surface area contributed by atoms with E-state index in [2.05, 4.69) is 27.7 Å². The molecule has 19 aliphatic rings. The second-order valence-corrected chi connectivity index (χ2v) is 44.3.